The van der Waals surface area contributed by atoms with Gasteiger partial charge in [-0.3, -0.25) is 0 Å². The van der Waals surface area contributed by atoms with Gasteiger partial charge in [-0.05, 0) is 5.56 Å². The standard InChI is InChI=1S/C10H8N2/c1-2-4-10(5-3-1)8-12-7-6-11-9-12/h1-7,9H. The fourth-order valence-electron chi connectivity index (χ4n) is 0.987. The van der Waals surface area contributed by atoms with E-state index in [9.17, 15) is 0 Å². The second-order valence-corrected chi connectivity index (χ2v) is 2.45. The highest BCUT2D eigenvalue weighted by molar-refractivity contribution is 5.22. The Labute approximate surface area is 71.5 Å². The average molecular weight is 156 g/mol. The van der Waals surface area contributed by atoms with Crippen LogP contribution in [0.2, 0.25) is 0 Å². The lowest BCUT2D eigenvalue weighted by molar-refractivity contribution is 0.978. The average Bonchev–Trinajstić information content (AvgIpc) is 2.59. The van der Waals surface area contributed by atoms with Gasteiger partial charge in [-0.2, -0.15) is 0 Å². The summed E-state index contributed by atoms with van der Waals surface area (Å²) in [4.78, 5) is 3.92. The van der Waals surface area contributed by atoms with Crippen LogP contribution in [-0.4, -0.2) is 9.55 Å². The topological polar surface area (TPSA) is 17.8 Å². The smallest absolute Gasteiger partial charge is 0.131 e. The monoisotopic (exact) mass is 156 g/mol. The summed E-state index contributed by atoms with van der Waals surface area (Å²) in [6.07, 6.45) is 5.30. The van der Waals surface area contributed by atoms with Gasteiger partial charge in [0.1, 0.15) is 6.54 Å². The predicted molar refractivity (Wildman–Crippen MR) is 46.4 cm³/mol. The molecule has 12 heavy (non-hydrogen) atoms. The molecule has 2 radical (unpaired) electrons. The highest BCUT2D eigenvalue weighted by atomic mass is 15.0. The summed E-state index contributed by atoms with van der Waals surface area (Å²) < 4.78 is 1.80. The van der Waals surface area contributed by atoms with Crippen LogP contribution in [0.1, 0.15) is 5.56 Å². The van der Waals surface area contributed by atoms with Crippen molar-refractivity contribution in [2.75, 3.05) is 0 Å². The number of hydrogen-bond donors (Lipinski definition) is 0. The molecule has 1 aromatic heterocycles. The van der Waals surface area contributed by atoms with Crippen molar-refractivity contribution >= 4 is 0 Å². The van der Waals surface area contributed by atoms with Crippen molar-refractivity contribution in [1.82, 2.24) is 9.55 Å². The molecule has 58 valence electrons. The summed E-state index contributed by atoms with van der Waals surface area (Å²) in [5.41, 5.74) is 1.05. The van der Waals surface area contributed by atoms with E-state index in [0.29, 0.717) is 0 Å². The molecule has 2 nitrogen and oxygen atoms in total. The number of imidazole rings is 1. The quantitative estimate of drug-likeness (QED) is 0.648. The molecule has 0 aliphatic rings. The van der Waals surface area contributed by atoms with E-state index in [-0.39, 0.29) is 0 Å². The molecule has 0 aliphatic heterocycles. The fraction of sp³-hybridized carbons (Fsp3) is 0. The molecule has 2 aromatic rings. The molecule has 0 aliphatic carbocycles. The van der Waals surface area contributed by atoms with Crippen LogP contribution in [0.25, 0.3) is 0 Å². The molecule has 0 saturated heterocycles. The van der Waals surface area contributed by atoms with E-state index in [2.05, 4.69) is 11.5 Å². The Bertz CT molecular complexity index is 324. The number of nitrogens with zero attached hydrogens (tertiary/aromatic N) is 2. The van der Waals surface area contributed by atoms with Crippen LogP contribution in [-0.2, 0) is 0 Å². The van der Waals surface area contributed by atoms with Crippen LogP contribution < -0.4 is 0 Å². The van der Waals surface area contributed by atoms with Crippen molar-refractivity contribution < 1.29 is 0 Å². The van der Waals surface area contributed by atoms with Crippen molar-refractivity contribution in [3.63, 3.8) is 0 Å². The van der Waals surface area contributed by atoms with E-state index in [4.69, 9.17) is 0 Å². The zero-order chi connectivity index (χ0) is 8.23. The number of rotatable bonds is 2. The minimum atomic E-state index is 1.05. The zero-order valence-corrected chi connectivity index (χ0v) is 6.51. The van der Waals surface area contributed by atoms with Crippen molar-refractivity contribution in [2.24, 2.45) is 0 Å². The van der Waals surface area contributed by atoms with Gasteiger partial charge in [0.15, 0.2) is 0 Å². The summed E-state index contributed by atoms with van der Waals surface area (Å²) in [6.45, 7) is 3.14. The molecule has 2 heteroatoms. The highest BCUT2D eigenvalue weighted by Crippen LogP contribution is 2.03. The first-order chi connectivity index (χ1) is 5.95. The lowest BCUT2D eigenvalue weighted by Crippen LogP contribution is -1.91. The minimum absolute atomic E-state index is 1.05. The zero-order valence-electron chi connectivity index (χ0n) is 6.51. The summed E-state index contributed by atoms with van der Waals surface area (Å²) in [6, 6.07) is 9.96. The molecular weight excluding hydrogens is 148 g/mol. The summed E-state index contributed by atoms with van der Waals surface area (Å²) in [7, 11) is 0. The van der Waals surface area contributed by atoms with Gasteiger partial charge >= 0.3 is 0 Å². The lowest BCUT2D eigenvalue weighted by Gasteiger charge is -1.98. The molecule has 0 bridgehead atoms. The van der Waals surface area contributed by atoms with Crippen LogP contribution >= 0.6 is 0 Å². The van der Waals surface area contributed by atoms with Crippen molar-refractivity contribution in [3.05, 3.63) is 61.2 Å². The predicted octanol–water partition coefficient (Wildman–Crippen LogP) is 1.82. The van der Waals surface area contributed by atoms with Crippen molar-refractivity contribution in [1.29, 1.82) is 0 Å². The van der Waals surface area contributed by atoms with E-state index in [1.54, 1.807) is 17.1 Å². The second-order valence-electron chi connectivity index (χ2n) is 2.45. The number of hydrogen-bond acceptors (Lipinski definition) is 1. The first-order valence-electron chi connectivity index (χ1n) is 3.75. The molecule has 0 amide bonds. The van der Waals surface area contributed by atoms with E-state index >= 15 is 0 Å². The molecule has 0 atom stereocenters. The van der Waals surface area contributed by atoms with Gasteiger partial charge in [0.05, 0.1) is 6.33 Å². The Balaban J connectivity index is 2.15. The van der Waals surface area contributed by atoms with E-state index in [0.717, 1.165) is 5.56 Å². The normalized spacial score (nSPS) is 10.0. The van der Waals surface area contributed by atoms with Gasteiger partial charge in [-0.15, -0.1) is 0 Å². The molecule has 2 rings (SSSR count). The Morgan fingerprint density at radius 3 is 2.67 bits per heavy atom. The van der Waals surface area contributed by atoms with Gasteiger partial charge in [-0.1, -0.05) is 30.3 Å². The molecule has 0 fully saturated rings. The summed E-state index contributed by atoms with van der Waals surface area (Å²) in [5, 5.41) is 0. The Morgan fingerprint density at radius 1 is 1.17 bits per heavy atom. The molecule has 1 heterocycles. The maximum atomic E-state index is 3.92. The third kappa shape index (κ3) is 1.53. The second kappa shape index (κ2) is 3.22. The number of benzene rings is 1. The maximum absolute atomic E-state index is 3.92. The van der Waals surface area contributed by atoms with Gasteiger partial charge in [-0.25, -0.2) is 4.98 Å². The SMILES string of the molecule is [C](c1ccccc1)n1ccnc1. The van der Waals surface area contributed by atoms with E-state index < -0.39 is 0 Å². The Hall–Kier alpha value is -1.57. The third-order valence-corrected chi connectivity index (χ3v) is 1.54. The van der Waals surface area contributed by atoms with Gasteiger partial charge in [0.25, 0.3) is 0 Å². The third-order valence-electron chi connectivity index (χ3n) is 1.54. The fourth-order valence-corrected chi connectivity index (χ4v) is 0.987. The minimum Gasteiger partial charge on any atom is -0.321 e. The van der Waals surface area contributed by atoms with Crippen LogP contribution in [0.4, 0.5) is 0 Å². The number of aromatic nitrogens is 2. The highest BCUT2D eigenvalue weighted by Gasteiger charge is 1.93. The molecule has 0 spiro atoms. The van der Waals surface area contributed by atoms with Crippen LogP contribution in [0, 0.1) is 6.54 Å². The molecule has 0 unspecified atom stereocenters. The summed E-state index contributed by atoms with van der Waals surface area (Å²) >= 11 is 0. The van der Waals surface area contributed by atoms with Gasteiger partial charge in [0.2, 0.25) is 0 Å². The molecule has 0 saturated carbocycles. The summed E-state index contributed by atoms with van der Waals surface area (Å²) in [5.74, 6) is 0. The maximum Gasteiger partial charge on any atom is 0.131 e. The first-order valence-corrected chi connectivity index (χ1v) is 3.75. The van der Waals surface area contributed by atoms with Crippen LogP contribution in [0.3, 0.4) is 0 Å². The Morgan fingerprint density at radius 2 is 2.00 bits per heavy atom. The Kier molecular flexibility index (Phi) is 1.90. The lowest BCUT2D eigenvalue weighted by atomic mass is 10.2. The van der Waals surface area contributed by atoms with Gasteiger partial charge in [0, 0.05) is 12.4 Å². The van der Waals surface area contributed by atoms with E-state index in [1.807, 2.05) is 36.5 Å². The molecule has 0 N–H and O–H groups in total. The largest absolute Gasteiger partial charge is 0.321 e. The van der Waals surface area contributed by atoms with Gasteiger partial charge < -0.3 is 4.57 Å². The first kappa shape index (κ1) is 7.10. The van der Waals surface area contributed by atoms with E-state index in [1.165, 1.54) is 0 Å². The van der Waals surface area contributed by atoms with Crippen LogP contribution in [0.15, 0.2) is 49.1 Å². The molecular formula is C10H8N2. The molecule has 1 aromatic carbocycles. The van der Waals surface area contributed by atoms with Crippen LogP contribution in [0.5, 0.6) is 0 Å². The van der Waals surface area contributed by atoms with Crippen molar-refractivity contribution in [2.45, 2.75) is 0 Å². The van der Waals surface area contributed by atoms with Crippen molar-refractivity contribution in [3.8, 4) is 0 Å².